The van der Waals surface area contributed by atoms with Crippen LogP contribution in [0.4, 0.5) is 0 Å². The van der Waals surface area contributed by atoms with E-state index < -0.39 is 0 Å². The summed E-state index contributed by atoms with van der Waals surface area (Å²) in [6.45, 7) is 0. The summed E-state index contributed by atoms with van der Waals surface area (Å²) in [5.74, 6) is 0. The quantitative estimate of drug-likeness (QED) is 0.574. The number of fused-ring (bicyclic) bond motifs is 2. The van der Waals surface area contributed by atoms with Gasteiger partial charge in [-0.2, -0.15) is 5.26 Å². The molecule has 4 aromatic rings. The number of nitrogens with one attached hydrogen (secondary N) is 1. The molecule has 4 heteroatoms. The van der Waals surface area contributed by atoms with Crippen LogP contribution in [0.2, 0.25) is 0 Å². The van der Waals surface area contributed by atoms with Crippen LogP contribution in [0.25, 0.3) is 33.2 Å². The first-order valence-electron chi connectivity index (χ1n) is 6.58. The van der Waals surface area contributed by atoms with Crippen molar-refractivity contribution in [3.05, 3.63) is 60.4 Å². The molecular weight excluding hydrogens is 260 g/mol. The molecule has 0 saturated heterocycles. The van der Waals surface area contributed by atoms with Crippen molar-refractivity contribution in [2.45, 2.75) is 0 Å². The van der Waals surface area contributed by atoms with E-state index in [2.05, 4.69) is 27.1 Å². The minimum absolute atomic E-state index is 0.591. The predicted molar refractivity (Wildman–Crippen MR) is 81.5 cm³/mol. The molecule has 2 heterocycles. The Morgan fingerprint density at radius 2 is 1.95 bits per heavy atom. The lowest BCUT2D eigenvalue weighted by molar-refractivity contribution is 1.29. The van der Waals surface area contributed by atoms with Crippen LogP contribution in [0, 0.1) is 11.3 Å². The molecule has 0 aliphatic carbocycles. The number of hydrogen-bond acceptors (Lipinski definition) is 3. The van der Waals surface area contributed by atoms with Gasteiger partial charge in [0.2, 0.25) is 0 Å². The van der Waals surface area contributed by atoms with E-state index in [1.165, 1.54) is 0 Å². The molecule has 0 spiro atoms. The maximum Gasteiger partial charge on any atom is 0.0992 e. The average Bonchev–Trinajstić information content (AvgIpc) is 2.98. The number of H-pyrrole nitrogens is 1. The molecule has 4 rings (SSSR count). The van der Waals surface area contributed by atoms with Crippen molar-refractivity contribution >= 4 is 21.9 Å². The normalized spacial score (nSPS) is 10.8. The first kappa shape index (κ1) is 11.6. The van der Waals surface area contributed by atoms with E-state index in [0.29, 0.717) is 5.56 Å². The smallest absolute Gasteiger partial charge is 0.0992 e. The minimum Gasteiger partial charge on any atom is -0.360 e. The summed E-state index contributed by atoms with van der Waals surface area (Å²) in [7, 11) is 0. The second-order valence-electron chi connectivity index (χ2n) is 4.82. The molecule has 98 valence electrons. The Morgan fingerprint density at radius 1 is 1.05 bits per heavy atom. The Bertz CT molecular complexity index is 1010. The third-order valence-electron chi connectivity index (χ3n) is 3.54. The Kier molecular flexibility index (Phi) is 2.45. The van der Waals surface area contributed by atoms with E-state index in [-0.39, 0.29) is 0 Å². The van der Waals surface area contributed by atoms with Crippen molar-refractivity contribution in [2.75, 3.05) is 0 Å². The van der Waals surface area contributed by atoms with Gasteiger partial charge in [0.15, 0.2) is 0 Å². The van der Waals surface area contributed by atoms with Crippen molar-refractivity contribution in [1.82, 2.24) is 15.0 Å². The van der Waals surface area contributed by atoms with Crippen LogP contribution in [0.5, 0.6) is 0 Å². The van der Waals surface area contributed by atoms with Crippen LogP contribution in [0.15, 0.2) is 54.9 Å². The topological polar surface area (TPSA) is 65.4 Å². The number of benzene rings is 2. The Balaban J connectivity index is 1.96. The molecule has 0 saturated carbocycles. The lowest BCUT2D eigenvalue weighted by Gasteiger charge is -2.02. The largest absolute Gasteiger partial charge is 0.360 e. The molecule has 0 atom stereocenters. The number of nitrogens with zero attached hydrogens (tertiary/aromatic N) is 3. The maximum absolute atomic E-state index is 8.99. The van der Waals surface area contributed by atoms with Crippen LogP contribution in [-0.2, 0) is 0 Å². The van der Waals surface area contributed by atoms with Crippen LogP contribution in [0.3, 0.4) is 0 Å². The van der Waals surface area contributed by atoms with Gasteiger partial charge in [-0.05, 0) is 24.3 Å². The zero-order valence-corrected chi connectivity index (χ0v) is 11.0. The van der Waals surface area contributed by atoms with E-state index in [0.717, 1.165) is 33.2 Å². The standard InChI is InChI=1S/C17H10N4/c18-8-11-5-6-15-16(7-11)21-17(10-20-15)13-9-19-14-4-2-1-3-12(13)14/h1-7,9-10,19H. The highest BCUT2D eigenvalue weighted by Crippen LogP contribution is 2.27. The van der Waals surface area contributed by atoms with Gasteiger partial charge in [-0.3, -0.25) is 4.98 Å². The molecule has 2 aromatic heterocycles. The molecule has 0 bridgehead atoms. The van der Waals surface area contributed by atoms with Crippen molar-refractivity contribution in [1.29, 1.82) is 5.26 Å². The fourth-order valence-corrected chi connectivity index (χ4v) is 2.49. The van der Waals surface area contributed by atoms with E-state index in [4.69, 9.17) is 5.26 Å². The summed E-state index contributed by atoms with van der Waals surface area (Å²) < 4.78 is 0. The van der Waals surface area contributed by atoms with E-state index >= 15 is 0 Å². The fraction of sp³-hybridized carbons (Fsp3) is 0. The number of nitriles is 1. The Hall–Kier alpha value is -3.19. The summed E-state index contributed by atoms with van der Waals surface area (Å²) >= 11 is 0. The van der Waals surface area contributed by atoms with Gasteiger partial charge in [-0.25, -0.2) is 4.98 Å². The number of para-hydroxylation sites is 1. The van der Waals surface area contributed by atoms with Gasteiger partial charge >= 0.3 is 0 Å². The van der Waals surface area contributed by atoms with E-state index in [9.17, 15) is 0 Å². The fourth-order valence-electron chi connectivity index (χ4n) is 2.49. The average molecular weight is 270 g/mol. The first-order valence-corrected chi connectivity index (χ1v) is 6.58. The van der Waals surface area contributed by atoms with Gasteiger partial charge in [-0.15, -0.1) is 0 Å². The molecule has 1 N–H and O–H groups in total. The molecule has 0 radical (unpaired) electrons. The van der Waals surface area contributed by atoms with Gasteiger partial charge in [0.1, 0.15) is 0 Å². The number of rotatable bonds is 1. The summed E-state index contributed by atoms with van der Waals surface area (Å²) in [5.41, 5.74) is 5.00. The monoisotopic (exact) mass is 270 g/mol. The highest BCUT2D eigenvalue weighted by Gasteiger charge is 2.08. The van der Waals surface area contributed by atoms with Gasteiger partial charge < -0.3 is 4.98 Å². The molecule has 0 aliphatic rings. The summed E-state index contributed by atoms with van der Waals surface area (Å²) in [4.78, 5) is 12.3. The number of aromatic amines is 1. The molecule has 4 nitrogen and oxygen atoms in total. The summed E-state index contributed by atoms with van der Waals surface area (Å²) in [6.07, 6.45) is 3.71. The highest BCUT2D eigenvalue weighted by atomic mass is 14.8. The van der Waals surface area contributed by atoms with Gasteiger partial charge in [0.25, 0.3) is 0 Å². The predicted octanol–water partition coefficient (Wildman–Crippen LogP) is 3.65. The lowest BCUT2D eigenvalue weighted by atomic mass is 10.1. The lowest BCUT2D eigenvalue weighted by Crippen LogP contribution is -1.89. The molecular formula is C17H10N4. The highest BCUT2D eigenvalue weighted by molar-refractivity contribution is 5.95. The molecule has 0 amide bonds. The third kappa shape index (κ3) is 1.84. The molecule has 2 aromatic carbocycles. The summed E-state index contributed by atoms with van der Waals surface area (Å²) in [5, 5.41) is 10.1. The Morgan fingerprint density at radius 3 is 2.86 bits per heavy atom. The zero-order valence-electron chi connectivity index (χ0n) is 11.0. The molecule has 0 unspecified atom stereocenters. The van der Waals surface area contributed by atoms with Crippen molar-refractivity contribution in [3.8, 4) is 17.3 Å². The SMILES string of the molecule is N#Cc1ccc2ncc(-c3c[nH]c4ccccc34)nc2c1. The molecule has 21 heavy (non-hydrogen) atoms. The summed E-state index contributed by atoms with van der Waals surface area (Å²) in [6, 6.07) is 15.5. The van der Waals surface area contributed by atoms with E-state index in [1.54, 1.807) is 18.3 Å². The second kappa shape index (κ2) is 4.43. The second-order valence-corrected chi connectivity index (χ2v) is 4.82. The van der Waals surface area contributed by atoms with Crippen molar-refractivity contribution in [2.24, 2.45) is 0 Å². The van der Waals surface area contributed by atoms with E-state index in [1.807, 2.05) is 30.5 Å². The third-order valence-corrected chi connectivity index (χ3v) is 3.54. The van der Waals surface area contributed by atoms with Crippen molar-refractivity contribution < 1.29 is 0 Å². The minimum atomic E-state index is 0.591. The van der Waals surface area contributed by atoms with Crippen LogP contribution >= 0.6 is 0 Å². The number of aromatic nitrogens is 3. The van der Waals surface area contributed by atoms with Crippen LogP contribution in [-0.4, -0.2) is 15.0 Å². The Labute approximate surface area is 120 Å². The van der Waals surface area contributed by atoms with Gasteiger partial charge in [0, 0.05) is 22.7 Å². The number of hydrogen-bond donors (Lipinski definition) is 1. The van der Waals surface area contributed by atoms with Gasteiger partial charge in [0.05, 0.1) is 34.6 Å². The zero-order chi connectivity index (χ0) is 14.2. The van der Waals surface area contributed by atoms with Crippen molar-refractivity contribution in [3.63, 3.8) is 0 Å². The van der Waals surface area contributed by atoms with Gasteiger partial charge in [-0.1, -0.05) is 18.2 Å². The molecule has 0 fully saturated rings. The first-order chi connectivity index (χ1) is 10.3. The van der Waals surface area contributed by atoms with Crippen LogP contribution < -0.4 is 0 Å². The van der Waals surface area contributed by atoms with Crippen LogP contribution in [0.1, 0.15) is 5.56 Å². The maximum atomic E-state index is 8.99. The molecule has 0 aliphatic heterocycles.